The van der Waals surface area contributed by atoms with Crippen LogP contribution < -0.4 is 10.6 Å². The van der Waals surface area contributed by atoms with Gasteiger partial charge in [0.1, 0.15) is 11.3 Å². The molecule has 0 rings (SSSR count). The van der Waals surface area contributed by atoms with Gasteiger partial charge in [0.05, 0.1) is 5.75 Å². The van der Waals surface area contributed by atoms with E-state index in [2.05, 4.69) is 5.32 Å². The van der Waals surface area contributed by atoms with E-state index in [4.69, 9.17) is 5.11 Å². The van der Waals surface area contributed by atoms with Crippen molar-refractivity contribution in [2.75, 3.05) is 12.3 Å². The first-order valence-electron chi connectivity index (χ1n) is 5.61. The van der Waals surface area contributed by atoms with Gasteiger partial charge in [-0.1, -0.05) is 0 Å². The number of carboxylic acid groups (broad SMARTS) is 1. The van der Waals surface area contributed by atoms with Gasteiger partial charge >= 0.3 is 5.97 Å². The summed E-state index contributed by atoms with van der Waals surface area (Å²) in [6.07, 6.45) is 0. The highest BCUT2D eigenvalue weighted by atomic mass is 32.2. The Morgan fingerprint density at radius 1 is 1.26 bits per heavy atom. The van der Waals surface area contributed by atoms with E-state index < -0.39 is 44.7 Å². The minimum absolute atomic E-state index is 0.271. The Bertz CT molecular complexity index is 459. The quantitative estimate of drug-likeness (QED) is 0.525. The predicted molar refractivity (Wildman–Crippen MR) is 67.2 cm³/mol. The molecule has 9 heteroatoms. The maximum absolute atomic E-state index is 11.9. The number of nitrogens with one attached hydrogen (secondary N) is 2. The fourth-order valence-electron chi connectivity index (χ4n) is 1.28. The molecule has 0 fully saturated rings. The molecule has 110 valence electrons. The number of hydrogen-bond donors (Lipinski definition) is 3. The van der Waals surface area contributed by atoms with Crippen LogP contribution in [0.3, 0.4) is 0 Å². The maximum atomic E-state index is 11.9. The summed E-state index contributed by atoms with van der Waals surface area (Å²) in [6.45, 7) is 4.16. The molecular formula is C10H18N2O6S. The van der Waals surface area contributed by atoms with Crippen LogP contribution in [0.25, 0.3) is 0 Å². The molecule has 3 N–H and O–H groups in total. The summed E-state index contributed by atoms with van der Waals surface area (Å²) < 4.78 is 23.7. The van der Waals surface area contributed by atoms with E-state index in [0.29, 0.717) is 0 Å². The second-order valence-electron chi connectivity index (χ2n) is 3.96. The largest absolute Gasteiger partial charge is 0.480 e. The maximum Gasteiger partial charge on any atom is 0.327 e. The van der Waals surface area contributed by atoms with Crippen molar-refractivity contribution < 1.29 is 27.9 Å². The third-order valence-electron chi connectivity index (χ3n) is 2.33. The van der Waals surface area contributed by atoms with Gasteiger partial charge in [0, 0.05) is 13.5 Å². The van der Waals surface area contributed by atoms with Gasteiger partial charge in [-0.15, -0.1) is 0 Å². The molecule has 1 unspecified atom stereocenters. The van der Waals surface area contributed by atoms with Gasteiger partial charge in [-0.2, -0.15) is 0 Å². The first-order chi connectivity index (χ1) is 8.61. The lowest BCUT2D eigenvalue weighted by molar-refractivity contribution is -0.140. The van der Waals surface area contributed by atoms with Gasteiger partial charge in [-0.25, -0.2) is 13.2 Å². The Morgan fingerprint density at radius 3 is 2.16 bits per heavy atom. The molecule has 0 aliphatic heterocycles. The Morgan fingerprint density at radius 2 is 1.79 bits per heavy atom. The Labute approximate surface area is 111 Å². The minimum atomic E-state index is -3.98. The molecule has 0 aromatic heterocycles. The van der Waals surface area contributed by atoms with Crippen molar-refractivity contribution in [3.8, 4) is 0 Å². The zero-order valence-corrected chi connectivity index (χ0v) is 11.8. The van der Waals surface area contributed by atoms with Gasteiger partial charge in [0.15, 0.2) is 9.84 Å². The van der Waals surface area contributed by atoms with Crippen molar-refractivity contribution in [3.63, 3.8) is 0 Å². The van der Waals surface area contributed by atoms with Gasteiger partial charge in [0.2, 0.25) is 11.8 Å². The molecule has 2 atom stereocenters. The van der Waals surface area contributed by atoms with Crippen LogP contribution in [0.15, 0.2) is 0 Å². The fourth-order valence-corrected chi connectivity index (χ4v) is 2.67. The molecule has 0 radical (unpaired) electrons. The molecule has 0 spiro atoms. The van der Waals surface area contributed by atoms with Gasteiger partial charge < -0.3 is 15.7 Å². The zero-order valence-electron chi connectivity index (χ0n) is 11.0. The summed E-state index contributed by atoms with van der Waals surface area (Å²) in [5, 5.41) is 11.8. The Balaban J connectivity index is 4.95. The second kappa shape index (κ2) is 7.07. The van der Waals surface area contributed by atoms with Crippen LogP contribution in [0.2, 0.25) is 0 Å². The first-order valence-corrected chi connectivity index (χ1v) is 7.32. The molecule has 0 aliphatic carbocycles. The molecular weight excluding hydrogens is 276 g/mol. The van der Waals surface area contributed by atoms with Gasteiger partial charge in [0.25, 0.3) is 0 Å². The highest BCUT2D eigenvalue weighted by molar-refractivity contribution is 7.92. The summed E-state index contributed by atoms with van der Waals surface area (Å²) in [4.78, 5) is 33.1. The summed E-state index contributed by atoms with van der Waals surface area (Å²) in [6, 6.07) is -1.57. The van der Waals surface area contributed by atoms with Crippen LogP contribution in [0, 0.1) is 0 Å². The Hall–Kier alpha value is -1.64. The van der Waals surface area contributed by atoms with Crippen molar-refractivity contribution in [2.45, 2.75) is 32.1 Å². The van der Waals surface area contributed by atoms with E-state index in [0.717, 1.165) is 6.92 Å². The average molecular weight is 294 g/mol. The molecule has 0 aliphatic rings. The summed E-state index contributed by atoms with van der Waals surface area (Å²) in [5.41, 5.74) is 0. The fraction of sp³-hybridized carbons (Fsp3) is 0.700. The highest BCUT2D eigenvalue weighted by Crippen LogP contribution is 2.05. The number of amides is 2. The SMILES string of the molecule is CCNC(=O)C(C)S(=O)(=O)C[C@H](NC(C)=O)C(=O)O. The predicted octanol–water partition coefficient (Wildman–Crippen LogP) is -1.48. The molecule has 8 nitrogen and oxygen atoms in total. The number of aliphatic carboxylic acids is 1. The standard InChI is InChI=1S/C10H18N2O6S/c1-4-11-9(14)6(2)19(17,18)5-8(10(15)16)12-7(3)13/h6,8H,4-5H2,1-3H3,(H,11,14)(H,12,13)(H,15,16)/t6?,8-/m0/s1. The van der Waals surface area contributed by atoms with Crippen molar-refractivity contribution >= 4 is 27.6 Å². The van der Waals surface area contributed by atoms with Crippen molar-refractivity contribution in [1.29, 1.82) is 0 Å². The number of carboxylic acids is 1. The molecule has 0 aromatic rings. The van der Waals surface area contributed by atoms with E-state index in [9.17, 15) is 22.8 Å². The van der Waals surface area contributed by atoms with Crippen molar-refractivity contribution in [3.05, 3.63) is 0 Å². The molecule has 0 saturated heterocycles. The van der Waals surface area contributed by atoms with E-state index >= 15 is 0 Å². The van der Waals surface area contributed by atoms with Gasteiger partial charge in [-0.3, -0.25) is 9.59 Å². The summed E-state index contributed by atoms with van der Waals surface area (Å²) >= 11 is 0. The third kappa shape index (κ3) is 5.69. The van der Waals surface area contributed by atoms with Crippen molar-refractivity contribution in [2.24, 2.45) is 0 Å². The van der Waals surface area contributed by atoms with E-state index in [1.165, 1.54) is 6.92 Å². The molecule has 19 heavy (non-hydrogen) atoms. The summed E-state index contributed by atoms with van der Waals surface area (Å²) in [7, 11) is -3.98. The van der Waals surface area contributed by atoms with Crippen LogP contribution in [0.5, 0.6) is 0 Å². The third-order valence-corrected chi connectivity index (χ3v) is 4.42. The molecule has 2 amide bonds. The lowest BCUT2D eigenvalue weighted by atomic mass is 10.3. The topological polar surface area (TPSA) is 130 Å². The van der Waals surface area contributed by atoms with E-state index in [-0.39, 0.29) is 6.54 Å². The monoisotopic (exact) mass is 294 g/mol. The molecule has 0 saturated carbocycles. The average Bonchev–Trinajstić information content (AvgIpc) is 2.26. The van der Waals surface area contributed by atoms with Crippen LogP contribution in [0.1, 0.15) is 20.8 Å². The number of rotatable bonds is 7. The summed E-state index contributed by atoms with van der Waals surface area (Å²) in [5.74, 6) is -3.66. The van der Waals surface area contributed by atoms with Crippen LogP contribution in [0.4, 0.5) is 0 Å². The molecule has 0 bridgehead atoms. The number of hydrogen-bond acceptors (Lipinski definition) is 5. The number of carbonyl (C=O) groups is 3. The lowest BCUT2D eigenvalue weighted by Crippen LogP contribution is -2.48. The number of sulfone groups is 1. The van der Waals surface area contributed by atoms with Crippen molar-refractivity contribution in [1.82, 2.24) is 10.6 Å². The van der Waals surface area contributed by atoms with Crippen LogP contribution in [-0.4, -0.2) is 54.9 Å². The Kier molecular flexibility index (Phi) is 6.46. The molecule has 0 aromatic carbocycles. The second-order valence-corrected chi connectivity index (χ2v) is 6.32. The van der Waals surface area contributed by atoms with Crippen LogP contribution >= 0.6 is 0 Å². The minimum Gasteiger partial charge on any atom is -0.480 e. The normalized spacial score (nSPS) is 14.3. The van der Waals surface area contributed by atoms with E-state index in [1.807, 2.05) is 5.32 Å². The molecule has 0 heterocycles. The first kappa shape index (κ1) is 17.4. The van der Waals surface area contributed by atoms with E-state index in [1.54, 1.807) is 6.92 Å². The zero-order chi connectivity index (χ0) is 15.2. The number of carbonyl (C=O) groups excluding carboxylic acids is 2. The smallest absolute Gasteiger partial charge is 0.327 e. The lowest BCUT2D eigenvalue weighted by Gasteiger charge is -2.17. The highest BCUT2D eigenvalue weighted by Gasteiger charge is 2.33. The van der Waals surface area contributed by atoms with Crippen LogP contribution in [-0.2, 0) is 24.2 Å². The van der Waals surface area contributed by atoms with Gasteiger partial charge in [-0.05, 0) is 13.8 Å².